The van der Waals surface area contributed by atoms with Gasteiger partial charge in [-0.15, -0.1) is 5.10 Å². The molecule has 13 heavy (non-hydrogen) atoms. The first-order valence-electron chi connectivity index (χ1n) is 4.49. The Kier molecular flexibility index (Phi) is 4.75. The lowest BCUT2D eigenvalue weighted by Crippen LogP contribution is -2.01. The summed E-state index contributed by atoms with van der Waals surface area (Å²) in [5, 5.41) is 8.86. The zero-order chi connectivity index (χ0) is 9.52. The molecule has 0 N–H and O–H groups in total. The van der Waals surface area contributed by atoms with Crippen LogP contribution in [0, 0.1) is 0 Å². The van der Waals surface area contributed by atoms with Crippen molar-refractivity contribution in [1.82, 2.24) is 15.0 Å². The van der Waals surface area contributed by atoms with Gasteiger partial charge in [0.25, 0.3) is 0 Å². The van der Waals surface area contributed by atoms with E-state index in [0.717, 1.165) is 30.4 Å². The lowest BCUT2D eigenvalue weighted by atomic mass is 10.3. The molecule has 1 heterocycles. The van der Waals surface area contributed by atoms with Gasteiger partial charge in [0, 0.05) is 11.9 Å². The van der Waals surface area contributed by atoms with E-state index in [-0.39, 0.29) is 0 Å². The van der Waals surface area contributed by atoms with Crippen molar-refractivity contribution >= 4 is 22.0 Å². The van der Waals surface area contributed by atoms with E-state index < -0.39 is 0 Å². The van der Waals surface area contributed by atoms with Crippen LogP contribution in [-0.2, 0) is 6.54 Å². The Balaban J connectivity index is 2.59. The van der Waals surface area contributed by atoms with E-state index in [1.165, 1.54) is 0 Å². The first-order chi connectivity index (χ1) is 6.38. The zero-order valence-electron chi connectivity index (χ0n) is 7.78. The van der Waals surface area contributed by atoms with Crippen LogP contribution in [0.2, 0.25) is 0 Å². The predicted molar refractivity (Wildman–Crippen MR) is 57.8 cm³/mol. The fraction of sp³-hybridized carbons (Fsp3) is 0.556. The summed E-state index contributed by atoms with van der Waals surface area (Å²) in [6.45, 7) is 3.07. The van der Waals surface area contributed by atoms with E-state index in [0.29, 0.717) is 0 Å². The van der Waals surface area contributed by atoms with Crippen molar-refractivity contribution in [1.29, 1.82) is 0 Å². The van der Waals surface area contributed by atoms with E-state index in [1.54, 1.807) is 6.20 Å². The van der Waals surface area contributed by atoms with Crippen LogP contribution in [-0.4, -0.2) is 20.3 Å². The Labute approximate surface area is 87.0 Å². The van der Waals surface area contributed by atoms with Crippen LogP contribution >= 0.6 is 15.9 Å². The van der Waals surface area contributed by atoms with E-state index in [1.807, 2.05) is 4.68 Å². The molecule has 0 bridgehead atoms. The Morgan fingerprint density at radius 3 is 3.15 bits per heavy atom. The maximum atomic E-state index is 3.99. The third kappa shape index (κ3) is 3.30. The standard InChI is InChI=1S/C9H14BrN3/c1-2-7-13-9(8-11-12-13)5-3-4-6-10/h3,5,8H,2,4,6-7H2,1H3/b5-3+. The molecule has 0 saturated carbocycles. The van der Waals surface area contributed by atoms with Gasteiger partial charge in [-0.05, 0) is 18.9 Å². The topological polar surface area (TPSA) is 30.7 Å². The highest BCUT2D eigenvalue weighted by atomic mass is 79.9. The molecule has 1 rings (SSSR count). The van der Waals surface area contributed by atoms with Gasteiger partial charge in [0.1, 0.15) is 0 Å². The van der Waals surface area contributed by atoms with Crippen molar-refractivity contribution in [2.45, 2.75) is 26.3 Å². The number of allylic oxidation sites excluding steroid dienone is 1. The highest BCUT2D eigenvalue weighted by Crippen LogP contribution is 2.02. The van der Waals surface area contributed by atoms with Gasteiger partial charge in [0.15, 0.2) is 0 Å². The van der Waals surface area contributed by atoms with Crippen molar-refractivity contribution in [3.05, 3.63) is 18.0 Å². The maximum Gasteiger partial charge on any atom is 0.0810 e. The molecule has 72 valence electrons. The van der Waals surface area contributed by atoms with Crippen LogP contribution in [0.15, 0.2) is 12.3 Å². The van der Waals surface area contributed by atoms with Crippen molar-refractivity contribution in [3.8, 4) is 0 Å². The number of hydrogen-bond donors (Lipinski definition) is 0. The summed E-state index contributed by atoms with van der Waals surface area (Å²) >= 11 is 3.37. The van der Waals surface area contributed by atoms with Crippen molar-refractivity contribution in [2.24, 2.45) is 0 Å². The Morgan fingerprint density at radius 1 is 1.62 bits per heavy atom. The predicted octanol–water partition coefficient (Wildman–Crippen LogP) is 2.49. The smallest absolute Gasteiger partial charge is 0.0810 e. The van der Waals surface area contributed by atoms with Gasteiger partial charge in [-0.2, -0.15) is 0 Å². The second-order valence-corrected chi connectivity index (χ2v) is 3.56. The van der Waals surface area contributed by atoms with Crippen LogP contribution in [0.3, 0.4) is 0 Å². The van der Waals surface area contributed by atoms with E-state index >= 15 is 0 Å². The van der Waals surface area contributed by atoms with Gasteiger partial charge in [-0.25, -0.2) is 4.68 Å². The summed E-state index contributed by atoms with van der Waals surface area (Å²) in [6.07, 6.45) is 8.11. The van der Waals surface area contributed by atoms with Crippen molar-refractivity contribution < 1.29 is 0 Å². The normalized spacial score (nSPS) is 11.2. The maximum absolute atomic E-state index is 3.99. The first-order valence-corrected chi connectivity index (χ1v) is 5.61. The molecule has 0 aliphatic rings. The third-order valence-corrected chi connectivity index (χ3v) is 2.11. The molecule has 0 radical (unpaired) electrons. The number of hydrogen-bond acceptors (Lipinski definition) is 2. The van der Waals surface area contributed by atoms with Crippen LogP contribution < -0.4 is 0 Å². The first kappa shape index (κ1) is 10.4. The third-order valence-electron chi connectivity index (χ3n) is 1.65. The molecule has 0 unspecified atom stereocenters. The van der Waals surface area contributed by atoms with Gasteiger partial charge in [-0.3, -0.25) is 0 Å². The van der Waals surface area contributed by atoms with E-state index in [9.17, 15) is 0 Å². The Bertz CT molecular complexity index is 268. The second-order valence-electron chi connectivity index (χ2n) is 2.76. The average Bonchev–Trinajstić information content (AvgIpc) is 2.54. The van der Waals surface area contributed by atoms with Gasteiger partial charge in [-0.1, -0.05) is 34.1 Å². The number of alkyl halides is 1. The molecule has 0 saturated heterocycles. The fourth-order valence-electron chi connectivity index (χ4n) is 1.05. The minimum atomic E-state index is 0.938. The molecule has 0 amide bonds. The number of halogens is 1. The largest absolute Gasteiger partial charge is 0.245 e. The van der Waals surface area contributed by atoms with Crippen LogP contribution in [0.25, 0.3) is 6.08 Å². The number of aromatic nitrogens is 3. The molecular weight excluding hydrogens is 230 g/mol. The molecule has 0 fully saturated rings. The minimum absolute atomic E-state index is 0.938. The molecule has 3 nitrogen and oxygen atoms in total. The molecule has 0 atom stereocenters. The summed E-state index contributed by atoms with van der Waals surface area (Å²) in [4.78, 5) is 0. The lowest BCUT2D eigenvalue weighted by Gasteiger charge is -1.98. The molecule has 0 aromatic carbocycles. The fourth-order valence-corrected chi connectivity index (χ4v) is 1.31. The lowest BCUT2D eigenvalue weighted by molar-refractivity contribution is 0.575. The SMILES string of the molecule is CCCn1nncc1/C=C/CCBr. The zero-order valence-corrected chi connectivity index (χ0v) is 9.37. The van der Waals surface area contributed by atoms with Gasteiger partial charge in [0.2, 0.25) is 0 Å². The summed E-state index contributed by atoms with van der Waals surface area (Å²) in [6, 6.07) is 0. The molecule has 1 aromatic heterocycles. The molecule has 0 aliphatic heterocycles. The van der Waals surface area contributed by atoms with E-state index in [4.69, 9.17) is 0 Å². The second kappa shape index (κ2) is 5.91. The molecule has 0 spiro atoms. The highest BCUT2D eigenvalue weighted by molar-refractivity contribution is 9.09. The number of nitrogens with zero attached hydrogens (tertiary/aromatic N) is 3. The molecule has 1 aromatic rings. The molecule has 0 aliphatic carbocycles. The summed E-state index contributed by atoms with van der Waals surface area (Å²) in [5.41, 5.74) is 1.09. The Hall–Kier alpha value is -0.640. The van der Waals surface area contributed by atoms with Crippen molar-refractivity contribution in [2.75, 3.05) is 5.33 Å². The van der Waals surface area contributed by atoms with Gasteiger partial charge in [0.05, 0.1) is 11.9 Å². The quantitative estimate of drug-likeness (QED) is 0.745. The summed E-state index contributed by atoms with van der Waals surface area (Å²) in [5.74, 6) is 0. The average molecular weight is 244 g/mol. The molecular formula is C9H14BrN3. The highest BCUT2D eigenvalue weighted by Gasteiger charge is 1.97. The van der Waals surface area contributed by atoms with Crippen LogP contribution in [0.4, 0.5) is 0 Å². The van der Waals surface area contributed by atoms with Crippen LogP contribution in [0.1, 0.15) is 25.5 Å². The van der Waals surface area contributed by atoms with Crippen molar-refractivity contribution in [3.63, 3.8) is 0 Å². The monoisotopic (exact) mass is 243 g/mol. The van der Waals surface area contributed by atoms with E-state index in [2.05, 4.69) is 45.3 Å². The molecule has 4 heteroatoms. The Morgan fingerprint density at radius 2 is 2.46 bits per heavy atom. The van der Waals surface area contributed by atoms with Crippen LogP contribution in [0.5, 0.6) is 0 Å². The summed E-state index contributed by atoms with van der Waals surface area (Å²) < 4.78 is 1.92. The summed E-state index contributed by atoms with van der Waals surface area (Å²) in [7, 11) is 0. The number of rotatable bonds is 5. The number of aryl methyl sites for hydroxylation is 1. The van der Waals surface area contributed by atoms with Gasteiger partial charge < -0.3 is 0 Å². The van der Waals surface area contributed by atoms with Gasteiger partial charge >= 0.3 is 0 Å². The minimum Gasteiger partial charge on any atom is -0.245 e.